The van der Waals surface area contributed by atoms with Crippen LogP contribution in [0.3, 0.4) is 0 Å². The summed E-state index contributed by atoms with van der Waals surface area (Å²) in [6.45, 7) is 0.220. The first kappa shape index (κ1) is 20.4. The van der Waals surface area contributed by atoms with Crippen molar-refractivity contribution in [2.24, 2.45) is 0 Å². The van der Waals surface area contributed by atoms with Crippen molar-refractivity contribution < 1.29 is 17.6 Å². The molecule has 1 unspecified atom stereocenters. The van der Waals surface area contributed by atoms with Gasteiger partial charge < -0.3 is 5.32 Å². The molecule has 1 aromatic heterocycles. The van der Waals surface area contributed by atoms with Crippen molar-refractivity contribution in [2.45, 2.75) is 30.7 Å². The zero-order chi connectivity index (χ0) is 15.1. The molecule has 2 aliphatic heterocycles. The third-order valence-electron chi connectivity index (χ3n) is 4.03. The molecule has 0 radical (unpaired) electrons. The van der Waals surface area contributed by atoms with E-state index in [2.05, 4.69) is 10.3 Å². The predicted octanol–water partition coefficient (Wildman–Crippen LogP) is 3.09. The average Bonchev–Trinajstić information content (AvgIpc) is 2.36. The van der Waals surface area contributed by atoms with Crippen LogP contribution >= 0.6 is 24.8 Å². The molecule has 0 saturated carbocycles. The van der Waals surface area contributed by atoms with E-state index in [4.69, 9.17) is 0 Å². The van der Waals surface area contributed by atoms with Crippen LogP contribution < -0.4 is 5.32 Å². The van der Waals surface area contributed by atoms with Gasteiger partial charge in [-0.3, -0.25) is 9.88 Å². The Morgan fingerprint density at radius 2 is 1.91 bits per heavy atom. The highest BCUT2D eigenvalue weighted by Crippen LogP contribution is 2.38. The Labute approximate surface area is 144 Å². The summed E-state index contributed by atoms with van der Waals surface area (Å²) in [4.78, 5) is 5.66. The van der Waals surface area contributed by atoms with E-state index in [1.54, 1.807) is 17.0 Å². The topological polar surface area (TPSA) is 28.2 Å². The predicted molar refractivity (Wildman–Crippen MR) is 84.1 cm³/mol. The van der Waals surface area contributed by atoms with Crippen molar-refractivity contribution in [1.82, 2.24) is 15.2 Å². The lowest BCUT2D eigenvalue weighted by atomic mass is 9.88. The molecular formula is C14H19Cl2F4N3. The lowest BCUT2D eigenvalue weighted by Crippen LogP contribution is -2.55. The summed E-state index contributed by atoms with van der Waals surface area (Å²) in [7, 11) is 0. The van der Waals surface area contributed by atoms with Crippen LogP contribution in [0.25, 0.3) is 0 Å². The molecule has 0 bridgehead atoms. The van der Waals surface area contributed by atoms with Crippen LogP contribution in [0.15, 0.2) is 18.3 Å². The molecule has 2 fully saturated rings. The summed E-state index contributed by atoms with van der Waals surface area (Å²) in [5.74, 6) is -6.25. The maximum absolute atomic E-state index is 14.0. The number of aromatic nitrogens is 1. The van der Waals surface area contributed by atoms with Crippen LogP contribution in [-0.4, -0.2) is 47.9 Å². The second-order valence-corrected chi connectivity index (χ2v) is 5.85. The Kier molecular flexibility index (Phi) is 6.66. The van der Waals surface area contributed by atoms with Gasteiger partial charge in [0.1, 0.15) is 0 Å². The average molecular weight is 376 g/mol. The van der Waals surface area contributed by atoms with E-state index in [0.29, 0.717) is 17.8 Å². The minimum absolute atomic E-state index is 0. The van der Waals surface area contributed by atoms with Crippen LogP contribution in [-0.2, 0) is 6.54 Å². The molecule has 2 aliphatic rings. The molecule has 1 N–H and O–H groups in total. The fraction of sp³-hybridized carbons (Fsp3) is 0.643. The molecule has 3 rings (SSSR count). The lowest BCUT2D eigenvalue weighted by molar-refractivity contribution is -0.134. The molecule has 2 saturated heterocycles. The molecule has 132 valence electrons. The number of pyridine rings is 1. The second kappa shape index (κ2) is 7.51. The van der Waals surface area contributed by atoms with Gasteiger partial charge in [0.05, 0.1) is 24.7 Å². The number of halogens is 6. The lowest BCUT2D eigenvalue weighted by Gasteiger charge is -2.38. The normalized spacial score (nSPS) is 25.7. The first-order chi connectivity index (χ1) is 9.86. The fourth-order valence-corrected chi connectivity index (χ4v) is 2.94. The number of rotatable bonds is 3. The maximum atomic E-state index is 14.0. The second-order valence-electron chi connectivity index (χ2n) is 5.85. The highest BCUT2D eigenvalue weighted by Gasteiger charge is 2.44. The zero-order valence-electron chi connectivity index (χ0n) is 12.3. The molecule has 0 aromatic carbocycles. The van der Waals surface area contributed by atoms with Gasteiger partial charge in [-0.15, -0.1) is 24.8 Å². The molecule has 23 heavy (non-hydrogen) atoms. The van der Waals surface area contributed by atoms with E-state index in [0.717, 1.165) is 0 Å². The van der Waals surface area contributed by atoms with Gasteiger partial charge >= 0.3 is 0 Å². The van der Waals surface area contributed by atoms with E-state index in [-0.39, 0.29) is 57.4 Å². The molecule has 3 nitrogen and oxygen atoms in total. The van der Waals surface area contributed by atoms with Gasteiger partial charge in [-0.05, 0) is 17.7 Å². The van der Waals surface area contributed by atoms with E-state index in [1.807, 2.05) is 0 Å². The van der Waals surface area contributed by atoms with Gasteiger partial charge in [-0.25, -0.2) is 17.6 Å². The van der Waals surface area contributed by atoms with Crippen LogP contribution in [0.2, 0.25) is 0 Å². The number of piperidine rings is 1. The Bertz CT molecular complexity index is 522. The monoisotopic (exact) mass is 375 g/mol. The van der Waals surface area contributed by atoms with Gasteiger partial charge in [0.25, 0.3) is 11.8 Å². The Morgan fingerprint density at radius 1 is 1.22 bits per heavy atom. The van der Waals surface area contributed by atoms with E-state index >= 15 is 0 Å². The summed E-state index contributed by atoms with van der Waals surface area (Å²) in [5.41, 5.74) is 1.08. The minimum Gasteiger partial charge on any atom is -0.316 e. The van der Waals surface area contributed by atoms with Crippen molar-refractivity contribution in [3.8, 4) is 0 Å². The molecule has 0 amide bonds. The van der Waals surface area contributed by atoms with Crippen molar-refractivity contribution in [3.63, 3.8) is 0 Å². The van der Waals surface area contributed by atoms with Gasteiger partial charge in [0, 0.05) is 32.3 Å². The number of likely N-dealkylation sites (tertiary alicyclic amines) is 1. The Morgan fingerprint density at radius 3 is 2.52 bits per heavy atom. The summed E-state index contributed by atoms with van der Waals surface area (Å²) in [6.07, 6.45) is 1.29. The smallest absolute Gasteiger partial charge is 0.272 e. The van der Waals surface area contributed by atoms with Gasteiger partial charge in [-0.2, -0.15) is 0 Å². The molecule has 1 aromatic rings. The maximum Gasteiger partial charge on any atom is 0.272 e. The third kappa shape index (κ3) is 4.68. The van der Waals surface area contributed by atoms with E-state index in [1.165, 1.54) is 6.20 Å². The highest BCUT2D eigenvalue weighted by molar-refractivity contribution is 5.85. The van der Waals surface area contributed by atoms with Crippen molar-refractivity contribution >= 4 is 24.8 Å². The largest absolute Gasteiger partial charge is 0.316 e. The highest BCUT2D eigenvalue weighted by atomic mass is 35.5. The minimum atomic E-state index is -2.74. The summed E-state index contributed by atoms with van der Waals surface area (Å²) < 4.78 is 53.5. The number of nitrogens with one attached hydrogen (secondary N) is 1. The third-order valence-corrected chi connectivity index (χ3v) is 4.03. The number of hydrogen-bond donors (Lipinski definition) is 1. The van der Waals surface area contributed by atoms with Gasteiger partial charge in [0.2, 0.25) is 0 Å². The molecule has 0 aliphatic carbocycles. The fourth-order valence-electron chi connectivity index (χ4n) is 2.94. The van der Waals surface area contributed by atoms with Crippen LogP contribution in [0, 0.1) is 0 Å². The number of hydrogen-bond acceptors (Lipinski definition) is 3. The number of alkyl halides is 4. The van der Waals surface area contributed by atoms with Crippen LogP contribution in [0.5, 0.6) is 0 Å². The van der Waals surface area contributed by atoms with Crippen LogP contribution in [0.4, 0.5) is 17.6 Å². The summed E-state index contributed by atoms with van der Waals surface area (Å²) in [6, 6.07) is 3.20. The Hall–Kier alpha value is -0.630. The SMILES string of the molecule is Cl.Cl.FC1(F)CN(Cc2cc(C3CNCCC3(F)F)ccn2)C1. The quantitative estimate of drug-likeness (QED) is 0.822. The number of nitrogens with zero attached hydrogens (tertiary/aromatic N) is 2. The standard InChI is InChI=1S/C14H17F4N3.2ClH/c15-13(16)8-21(9-13)7-11-5-10(1-3-20-11)12-6-19-4-2-14(12,17)18;;/h1,3,5,12,19H,2,4,6-9H2;2*1H. The van der Waals surface area contributed by atoms with Gasteiger partial charge in [-0.1, -0.05) is 0 Å². The Balaban J connectivity index is 0.00000132. The van der Waals surface area contributed by atoms with Crippen LogP contribution in [0.1, 0.15) is 23.6 Å². The van der Waals surface area contributed by atoms with E-state index < -0.39 is 17.8 Å². The molecule has 0 spiro atoms. The molecule has 3 heterocycles. The van der Waals surface area contributed by atoms with E-state index in [9.17, 15) is 17.6 Å². The molecule has 9 heteroatoms. The zero-order valence-corrected chi connectivity index (χ0v) is 13.9. The molecule has 1 atom stereocenters. The first-order valence-corrected chi connectivity index (χ1v) is 6.99. The summed E-state index contributed by atoms with van der Waals surface area (Å²) in [5, 5.41) is 2.97. The van der Waals surface area contributed by atoms with Crippen molar-refractivity contribution in [1.29, 1.82) is 0 Å². The van der Waals surface area contributed by atoms with Crippen molar-refractivity contribution in [2.75, 3.05) is 26.2 Å². The van der Waals surface area contributed by atoms with Crippen molar-refractivity contribution in [3.05, 3.63) is 29.6 Å². The summed E-state index contributed by atoms with van der Waals surface area (Å²) >= 11 is 0. The van der Waals surface area contributed by atoms with Gasteiger partial charge in [0.15, 0.2) is 0 Å². The molecular weight excluding hydrogens is 357 g/mol. The first-order valence-electron chi connectivity index (χ1n) is 6.99.